The first-order valence-corrected chi connectivity index (χ1v) is 8.91. The smallest absolute Gasteiger partial charge is 0.339 e. The van der Waals surface area contributed by atoms with Crippen LogP contribution in [0.1, 0.15) is 22.8 Å². The van der Waals surface area contributed by atoms with Gasteiger partial charge >= 0.3 is 5.97 Å². The number of hydrogen-bond acceptors (Lipinski definition) is 4. The van der Waals surface area contributed by atoms with Gasteiger partial charge < -0.3 is 10.4 Å². The maximum Gasteiger partial charge on any atom is 0.339 e. The molecule has 9 heteroatoms. The number of aromatic carboxylic acids is 1. The van der Waals surface area contributed by atoms with Gasteiger partial charge in [0.05, 0.1) is 15.6 Å². The summed E-state index contributed by atoms with van der Waals surface area (Å²) in [4.78, 5) is 22.3. The lowest BCUT2D eigenvalue weighted by Gasteiger charge is -2.14. The third kappa shape index (κ3) is 4.28. The molecule has 0 aliphatic carbocycles. The van der Waals surface area contributed by atoms with Gasteiger partial charge in [0.15, 0.2) is 0 Å². The maximum absolute atomic E-state index is 12.5. The fraction of sp³-hybridized carbons (Fsp3) is 0.125. The minimum absolute atomic E-state index is 0.0724. The van der Waals surface area contributed by atoms with Crippen LogP contribution in [0.15, 0.2) is 41.3 Å². The van der Waals surface area contributed by atoms with Crippen molar-refractivity contribution in [1.82, 2.24) is 0 Å². The predicted octanol–water partition coefficient (Wildman–Crippen LogP) is 3.11. The second-order valence-electron chi connectivity index (χ2n) is 5.23. The monoisotopic (exact) mass is 382 g/mol. The maximum atomic E-state index is 12.5. The van der Waals surface area contributed by atoms with Gasteiger partial charge in [0.2, 0.25) is 5.91 Å². The number of halogens is 1. The molecular formula is C16H15ClN2O5S. The highest BCUT2D eigenvalue weighted by molar-refractivity contribution is 7.92. The number of nitrogens with one attached hydrogen (secondary N) is 2. The summed E-state index contributed by atoms with van der Waals surface area (Å²) in [6.45, 7) is 2.90. The summed E-state index contributed by atoms with van der Waals surface area (Å²) in [7, 11) is -4.04. The van der Waals surface area contributed by atoms with Crippen molar-refractivity contribution in [2.75, 3.05) is 10.0 Å². The molecule has 0 radical (unpaired) electrons. The van der Waals surface area contributed by atoms with E-state index in [0.29, 0.717) is 11.3 Å². The fourth-order valence-corrected chi connectivity index (χ4v) is 3.52. The van der Waals surface area contributed by atoms with E-state index in [2.05, 4.69) is 10.0 Å². The van der Waals surface area contributed by atoms with E-state index in [1.54, 1.807) is 6.92 Å². The second kappa shape index (κ2) is 7.12. The number of anilines is 2. The van der Waals surface area contributed by atoms with E-state index in [1.807, 2.05) is 0 Å². The van der Waals surface area contributed by atoms with Gasteiger partial charge in [-0.3, -0.25) is 9.52 Å². The number of rotatable bonds is 5. The van der Waals surface area contributed by atoms with Crippen LogP contribution in [-0.4, -0.2) is 25.4 Å². The number of carbonyl (C=O) groups is 2. The van der Waals surface area contributed by atoms with Crippen LogP contribution in [0, 0.1) is 6.92 Å². The summed E-state index contributed by atoms with van der Waals surface area (Å²) in [5.74, 6) is -1.62. The highest BCUT2D eigenvalue weighted by atomic mass is 35.5. The summed E-state index contributed by atoms with van der Waals surface area (Å²) in [6.07, 6.45) is 0. The second-order valence-corrected chi connectivity index (χ2v) is 7.32. The van der Waals surface area contributed by atoms with Gasteiger partial charge in [0.1, 0.15) is 5.56 Å². The van der Waals surface area contributed by atoms with Gasteiger partial charge in [0.25, 0.3) is 10.0 Å². The Morgan fingerprint density at radius 2 is 1.68 bits per heavy atom. The average Bonchev–Trinajstić information content (AvgIpc) is 2.50. The molecule has 0 saturated carbocycles. The third-order valence-corrected chi connectivity index (χ3v) is 4.98. The van der Waals surface area contributed by atoms with Crippen LogP contribution in [0.5, 0.6) is 0 Å². The number of benzene rings is 2. The number of aryl methyl sites for hydroxylation is 1. The molecule has 3 N–H and O–H groups in total. The highest BCUT2D eigenvalue weighted by Crippen LogP contribution is 2.30. The summed E-state index contributed by atoms with van der Waals surface area (Å²) < 4.78 is 27.4. The van der Waals surface area contributed by atoms with E-state index in [-0.39, 0.29) is 27.1 Å². The average molecular weight is 383 g/mol. The van der Waals surface area contributed by atoms with E-state index >= 15 is 0 Å². The Balaban J connectivity index is 2.41. The van der Waals surface area contributed by atoms with Crippen molar-refractivity contribution < 1.29 is 23.1 Å². The molecule has 0 saturated heterocycles. The lowest BCUT2D eigenvalue weighted by molar-refractivity contribution is -0.114. The normalized spacial score (nSPS) is 11.0. The van der Waals surface area contributed by atoms with Crippen LogP contribution in [0.25, 0.3) is 0 Å². The largest absolute Gasteiger partial charge is 0.478 e. The third-order valence-electron chi connectivity index (χ3n) is 3.30. The minimum Gasteiger partial charge on any atom is -0.478 e. The zero-order chi connectivity index (χ0) is 18.8. The standard InChI is InChI=1S/C16H15ClN2O5S/c1-9-3-8-13(17)14(16(21)22)15(9)19-25(23,24)12-6-4-11(5-7-12)18-10(2)20/h3-8,19H,1-2H3,(H,18,20)(H,21,22). The van der Waals surface area contributed by atoms with Crippen molar-refractivity contribution in [2.24, 2.45) is 0 Å². The van der Waals surface area contributed by atoms with Gasteiger partial charge in [-0.1, -0.05) is 17.7 Å². The Morgan fingerprint density at radius 3 is 2.20 bits per heavy atom. The Labute approximate surface area is 149 Å². The zero-order valence-electron chi connectivity index (χ0n) is 13.3. The van der Waals surface area contributed by atoms with Crippen molar-refractivity contribution in [2.45, 2.75) is 18.7 Å². The van der Waals surface area contributed by atoms with Gasteiger partial charge in [-0.05, 0) is 42.8 Å². The number of hydrogen-bond donors (Lipinski definition) is 3. The molecule has 0 spiro atoms. The number of sulfonamides is 1. The Bertz CT molecular complexity index is 940. The van der Waals surface area contributed by atoms with Gasteiger partial charge in [-0.15, -0.1) is 0 Å². The van der Waals surface area contributed by atoms with Gasteiger partial charge in [-0.2, -0.15) is 0 Å². The van der Waals surface area contributed by atoms with E-state index in [9.17, 15) is 23.1 Å². The quantitative estimate of drug-likeness (QED) is 0.735. The molecule has 2 rings (SSSR count). The van der Waals surface area contributed by atoms with E-state index in [0.717, 1.165) is 0 Å². The number of carboxylic acids is 1. The molecular weight excluding hydrogens is 368 g/mol. The predicted molar refractivity (Wildman–Crippen MR) is 94.7 cm³/mol. The molecule has 25 heavy (non-hydrogen) atoms. The molecule has 0 bridgehead atoms. The Hall–Kier alpha value is -2.58. The zero-order valence-corrected chi connectivity index (χ0v) is 14.9. The first-order chi connectivity index (χ1) is 11.6. The molecule has 2 aromatic carbocycles. The SMILES string of the molecule is CC(=O)Nc1ccc(S(=O)(=O)Nc2c(C)ccc(Cl)c2C(=O)O)cc1. The highest BCUT2D eigenvalue weighted by Gasteiger charge is 2.22. The van der Waals surface area contributed by atoms with Crippen LogP contribution >= 0.6 is 11.6 Å². The molecule has 0 aromatic heterocycles. The lowest BCUT2D eigenvalue weighted by Crippen LogP contribution is -2.17. The fourth-order valence-electron chi connectivity index (χ4n) is 2.14. The van der Waals surface area contributed by atoms with Gasteiger partial charge in [0, 0.05) is 12.6 Å². The summed E-state index contributed by atoms with van der Waals surface area (Å²) in [5.41, 5.74) is 0.447. The molecule has 132 valence electrons. The minimum atomic E-state index is -4.04. The molecule has 0 unspecified atom stereocenters. The molecule has 0 atom stereocenters. The van der Waals surface area contributed by atoms with Crippen LogP contribution in [0.2, 0.25) is 5.02 Å². The van der Waals surface area contributed by atoms with Crippen molar-refractivity contribution >= 4 is 44.9 Å². The lowest BCUT2D eigenvalue weighted by atomic mass is 10.1. The van der Waals surface area contributed by atoms with Crippen LogP contribution in [-0.2, 0) is 14.8 Å². The molecule has 2 aromatic rings. The molecule has 7 nitrogen and oxygen atoms in total. The van der Waals surface area contributed by atoms with E-state index in [4.69, 9.17) is 11.6 Å². The van der Waals surface area contributed by atoms with Crippen LogP contribution < -0.4 is 10.0 Å². The van der Waals surface area contributed by atoms with E-state index in [1.165, 1.54) is 43.3 Å². The number of carbonyl (C=O) groups excluding carboxylic acids is 1. The van der Waals surface area contributed by atoms with Crippen molar-refractivity contribution in [3.8, 4) is 0 Å². The van der Waals surface area contributed by atoms with Crippen molar-refractivity contribution in [1.29, 1.82) is 0 Å². The Morgan fingerprint density at radius 1 is 1.08 bits per heavy atom. The van der Waals surface area contributed by atoms with Crippen molar-refractivity contribution in [3.63, 3.8) is 0 Å². The van der Waals surface area contributed by atoms with E-state index < -0.39 is 16.0 Å². The van der Waals surface area contributed by atoms with Gasteiger partial charge in [-0.25, -0.2) is 13.2 Å². The molecule has 0 aliphatic rings. The molecule has 0 aliphatic heterocycles. The summed E-state index contributed by atoms with van der Waals surface area (Å²) in [6, 6.07) is 8.37. The Kier molecular flexibility index (Phi) is 5.34. The number of amides is 1. The van der Waals surface area contributed by atoms with Crippen molar-refractivity contribution in [3.05, 3.63) is 52.5 Å². The topological polar surface area (TPSA) is 113 Å². The molecule has 0 fully saturated rings. The molecule has 1 amide bonds. The number of carboxylic acid groups (broad SMARTS) is 1. The molecule has 0 heterocycles. The summed E-state index contributed by atoms with van der Waals surface area (Å²) >= 11 is 5.88. The first kappa shape index (κ1) is 18.8. The van der Waals surface area contributed by atoms with Crippen LogP contribution in [0.3, 0.4) is 0 Å². The first-order valence-electron chi connectivity index (χ1n) is 7.04. The summed E-state index contributed by atoms with van der Waals surface area (Å²) in [5, 5.41) is 11.8. The van der Waals surface area contributed by atoms with Crippen LogP contribution in [0.4, 0.5) is 11.4 Å².